The highest BCUT2D eigenvalue weighted by atomic mass is 16.2. The fraction of sp³-hybridized carbons (Fsp3) is 0.619. The predicted octanol–water partition coefficient (Wildman–Crippen LogP) is 2.07. The van der Waals surface area contributed by atoms with Gasteiger partial charge >= 0.3 is 0 Å². The van der Waals surface area contributed by atoms with Crippen LogP contribution in [0.3, 0.4) is 0 Å². The average molecular weight is 374 g/mol. The number of aliphatic imine (C=N–C) groups is 1. The molecule has 2 atom stereocenters. The third-order valence-electron chi connectivity index (χ3n) is 4.96. The summed E-state index contributed by atoms with van der Waals surface area (Å²) in [6, 6.07) is 11.3. The van der Waals surface area contributed by atoms with Gasteiger partial charge in [-0.05, 0) is 38.3 Å². The van der Waals surface area contributed by atoms with Gasteiger partial charge in [0, 0.05) is 39.3 Å². The zero-order valence-corrected chi connectivity index (χ0v) is 17.2. The Labute approximate surface area is 164 Å². The number of carbonyl (C=O) groups excluding carboxylic acids is 1. The van der Waals surface area contributed by atoms with Gasteiger partial charge in [-0.2, -0.15) is 0 Å². The molecule has 0 radical (unpaired) electrons. The lowest BCUT2D eigenvalue weighted by atomic mass is 10.0. The fourth-order valence-electron chi connectivity index (χ4n) is 3.11. The molecule has 150 valence electrons. The first kappa shape index (κ1) is 21.2. The zero-order chi connectivity index (χ0) is 19.6. The van der Waals surface area contributed by atoms with E-state index < -0.39 is 0 Å². The van der Waals surface area contributed by atoms with Crippen molar-refractivity contribution in [3.8, 4) is 0 Å². The maximum atomic E-state index is 11.9. The van der Waals surface area contributed by atoms with Crippen molar-refractivity contribution in [2.24, 2.45) is 4.99 Å². The normalized spacial score (nSPS) is 19.4. The van der Waals surface area contributed by atoms with Crippen molar-refractivity contribution < 1.29 is 4.79 Å². The molecule has 0 aromatic heterocycles. The van der Waals surface area contributed by atoms with Gasteiger partial charge in [0.1, 0.15) is 6.54 Å². The molecule has 1 aromatic rings. The Morgan fingerprint density at radius 2 is 2.07 bits per heavy atom. The van der Waals surface area contributed by atoms with E-state index in [0.29, 0.717) is 12.1 Å². The highest BCUT2D eigenvalue weighted by molar-refractivity contribution is 5.85. The van der Waals surface area contributed by atoms with Crippen LogP contribution in [0.2, 0.25) is 0 Å². The van der Waals surface area contributed by atoms with Crippen LogP contribution >= 0.6 is 0 Å². The van der Waals surface area contributed by atoms with Crippen molar-refractivity contribution in [3.05, 3.63) is 35.9 Å². The van der Waals surface area contributed by atoms with Crippen LogP contribution < -0.4 is 10.6 Å². The molecule has 27 heavy (non-hydrogen) atoms. The number of rotatable bonds is 7. The number of nitrogens with zero attached hydrogens (tertiary/aromatic N) is 3. The Morgan fingerprint density at radius 3 is 2.74 bits per heavy atom. The molecule has 0 saturated carbocycles. The van der Waals surface area contributed by atoms with Crippen LogP contribution in [-0.2, 0) is 11.3 Å². The zero-order valence-electron chi connectivity index (χ0n) is 17.2. The summed E-state index contributed by atoms with van der Waals surface area (Å²) in [5, 5.41) is 6.98. The molecule has 1 aromatic carbocycles. The summed E-state index contributed by atoms with van der Waals surface area (Å²) in [4.78, 5) is 20.5. The first-order valence-corrected chi connectivity index (χ1v) is 10.0. The van der Waals surface area contributed by atoms with Crippen molar-refractivity contribution in [3.63, 3.8) is 0 Å². The molecule has 0 aliphatic carbocycles. The van der Waals surface area contributed by atoms with E-state index in [0.717, 1.165) is 44.9 Å². The molecule has 1 fully saturated rings. The second-order valence-corrected chi connectivity index (χ2v) is 7.61. The Kier molecular flexibility index (Phi) is 8.58. The van der Waals surface area contributed by atoms with Gasteiger partial charge in [-0.1, -0.05) is 37.3 Å². The van der Waals surface area contributed by atoms with Gasteiger partial charge in [0.15, 0.2) is 5.96 Å². The van der Waals surface area contributed by atoms with Crippen LogP contribution in [0.4, 0.5) is 0 Å². The third kappa shape index (κ3) is 7.59. The molecule has 0 bridgehead atoms. The van der Waals surface area contributed by atoms with Crippen molar-refractivity contribution in [2.75, 3.05) is 33.7 Å². The number of carbonyl (C=O) groups is 1. The van der Waals surface area contributed by atoms with Gasteiger partial charge in [-0.25, -0.2) is 4.99 Å². The number of guanidine groups is 1. The molecule has 2 N–H and O–H groups in total. The van der Waals surface area contributed by atoms with Crippen LogP contribution in [-0.4, -0.2) is 67.5 Å². The predicted molar refractivity (Wildman–Crippen MR) is 112 cm³/mol. The monoisotopic (exact) mass is 373 g/mol. The van der Waals surface area contributed by atoms with E-state index in [1.807, 2.05) is 0 Å². The maximum Gasteiger partial charge on any atom is 0.243 e. The average Bonchev–Trinajstić information content (AvgIpc) is 2.66. The first-order valence-electron chi connectivity index (χ1n) is 10.0. The van der Waals surface area contributed by atoms with Gasteiger partial charge < -0.3 is 15.5 Å². The Balaban J connectivity index is 1.95. The van der Waals surface area contributed by atoms with Crippen molar-refractivity contribution in [1.82, 2.24) is 20.4 Å². The Hall–Kier alpha value is -2.08. The van der Waals surface area contributed by atoms with Crippen LogP contribution in [0, 0.1) is 0 Å². The lowest BCUT2D eigenvalue weighted by Crippen LogP contribution is -2.52. The maximum absolute atomic E-state index is 11.9. The molecule has 1 heterocycles. The van der Waals surface area contributed by atoms with Gasteiger partial charge in [0.05, 0.1) is 0 Å². The summed E-state index contributed by atoms with van der Waals surface area (Å²) in [5.41, 5.74) is 1.35. The minimum Gasteiger partial charge on any atom is -0.354 e. The quantitative estimate of drug-likeness (QED) is 0.567. The van der Waals surface area contributed by atoms with Crippen molar-refractivity contribution >= 4 is 11.9 Å². The minimum absolute atomic E-state index is 0.00889. The van der Waals surface area contributed by atoms with Gasteiger partial charge in [0.2, 0.25) is 5.91 Å². The van der Waals surface area contributed by atoms with Crippen molar-refractivity contribution in [2.45, 2.75) is 51.7 Å². The van der Waals surface area contributed by atoms with Gasteiger partial charge in [0.25, 0.3) is 0 Å². The topological polar surface area (TPSA) is 60.0 Å². The summed E-state index contributed by atoms with van der Waals surface area (Å²) >= 11 is 0. The van der Waals surface area contributed by atoms with Crippen LogP contribution in [0.15, 0.2) is 35.3 Å². The highest BCUT2D eigenvalue weighted by Gasteiger charge is 2.21. The van der Waals surface area contributed by atoms with Crippen LogP contribution in [0.1, 0.15) is 38.7 Å². The summed E-state index contributed by atoms with van der Waals surface area (Å²) in [7, 11) is 3.52. The van der Waals surface area contributed by atoms with E-state index in [1.54, 1.807) is 19.0 Å². The number of hydrogen-bond donors (Lipinski definition) is 2. The second-order valence-electron chi connectivity index (χ2n) is 7.61. The van der Waals surface area contributed by atoms with E-state index in [-0.39, 0.29) is 12.5 Å². The first-order chi connectivity index (χ1) is 13.0. The standard InChI is InChI=1S/C21H35N5O/c1-5-17(2)23-21(22-14-20(27)25(3)4)24-19-12-9-13-26(16-19)15-18-10-7-6-8-11-18/h6-8,10-11,17,19H,5,9,12-16H2,1-4H3,(H2,22,23,24). The number of likely N-dealkylation sites (N-methyl/N-ethyl adjacent to an activating group) is 1. The van der Waals surface area contributed by atoms with Gasteiger partial charge in [-0.3, -0.25) is 9.69 Å². The van der Waals surface area contributed by atoms with E-state index >= 15 is 0 Å². The minimum atomic E-state index is 0.00889. The number of nitrogens with one attached hydrogen (secondary N) is 2. The molecule has 2 rings (SSSR count). The van der Waals surface area contributed by atoms with Crippen LogP contribution in [0.25, 0.3) is 0 Å². The van der Waals surface area contributed by atoms with Gasteiger partial charge in [-0.15, -0.1) is 0 Å². The lowest BCUT2D eigenvalue weighted by molar-refractivity contribution is -0.127. The number of amides is 1. The molecular weight excluding hydrogens is 338 g/mol. The summed E-state index contributed by atoms with van der Waals surface area (Å²) in [6.07, 6.45) is 3.29. The second kappa shape index (κ2) is 10.9. The number of piperidine rings is 1. The molecule has 1 amide bonds. The molecule has 2 unspecified atom stereocenters. The molecule has 1 saturated heterocycles. The number of likely N-dealkylation sites (tertiary alicyclic amines) is 1. The van der Waals surface area contributed by atoms with E-state index in [4.69, 9.17) is 0 Å². The summed E-state index contributed by atoms with van der Waals surface area (Å²) in [6.45, 7) is 7.52. The third-order valence-corrected chi connectivity index (χ3v) is 4.96. The van der Waals surface area contributed by atoms with Crippen LogP contribution in [0.5, 0.6) is 0 Å². The number of hydrogen-bond acceptors (Lipinski definition) is 3. The Morgan fingerprint density at radius 1 is 1.33 bits per heavy atom. The lowest BCUT2D eigenvalue weighted by Gasteiger charge is -2.34. The van der Waals surface area contributed by atoms with Crippen molar-refractivity contribution in [1.29, 1.82) is 0 Å². The fourth-order valence-corrected chi connectivity index (χ4v) is 3.11. The number of benzene rings is 1. The largest absolute Gasteiger partial charge is 0.354 e. The molecule has 0 spiro atoms. The van der Waals surface area contributed by atoms with E-state index in [9.17, 15) is 4.79 Å². The highest BCUT2D eigenvalue weighted by Crippen LogP contribution is 2.13. The Bertz CT molecular complexity index is 602. The molecule has 6 nitrogen and oxygen atoms in total. The molecule has 6 heteroatoms. The van der Waals surface area contributed by atoms with E-state index in [2.05, 4.69) is 64.7 Å². The molecule has 1 aliphatic heterocycles. The smallest absolute Gasteiger partial charge is 0.243 e. The summed E-state index contributed by atoms with van der Waals surface area (Å²) < 4.78 is 0. The molecular formula is C21H35N5O. The molecule has 1 aliphatic rings. The summed E-state index contributed by atoms with van der Waals surface area (Å²) in [5.74, 6) is 0.751. The van der Waals surface area contributed by atoms with E-state index in [1.165, 1.54) is 5.56 Å². The SMILES string of the molecule is CCC(C)NC(=NCC(=O)N(C)C)NC1CCCN(Cc2ccccc2)C1.